The van der Waals surface area contributed by atoms with Crippen molar-refractivity contribution in [3.05, 3.63) is 39.5 Å². The lowest BCUT2D eigenvalue weighted by Crippen LogP contribution is -2.08. The highest BCUT2D eigenvalue weighted by Crippen LogP contribution is 2.35. The third-order valence-corrected chi connectivity index (χ3v) is 3.03. The number of H-pyrrole nitrogens is 1. The average molecular weight is 346 g/mol. The van der Waals surface area contributed by atoms with Crippen molar-refractivity contribution in [2.45, 2.75) is 6.18 Å². The van der Waals surface area contributed by atoms with E-state index in [4.69, 9.17) is 16.1 Å². The van der Waals surface area contributed by atoms with Crippen molar-refractivity contribution in [3.8, 4) is 22.8 Å². The smallest absolute Gasteiger partial charge is 0.333 e. The van der Waals surface area contributed by atoms with E-state index in [0.29, 0.717) is 0 Å². The van der Waals surface area contributed by atoms with Crippen LogP contribution in [-0.4, -0.2) is 24.9 Å². The third kappa shape index (κ3) is 2.97. The normalized spacial score (nSPS) is 11.9. The molecule has 0 aliphatic rings. The number of nitrogens with one attached hydrogen (secondary N) is 1. The summed E-state index contributed by atoms with van der Waals surface area (Å²) in [6, 6.07) is 2.50. The molecule has 11 heteroatoms. The van der Waals surface area contributed by atoms with Gasteiger partial charge in [0.25, 0.3) is 5.89 Å². The average Bonchev–Trinajstić information content (AvgIpc) is 3.02. The molecule has 0 amide bonds. The number of pyridine rings is 1. The Kier molecular flexibility index (Phi) is 3.48. The topological polar surface area (TPSA) is 89.6 Å². The molecule has 0 saturated heterocycles. The van der Waals surface area contributed by atoms with Crippen LogP contribution in [-0.2, 0) is 13.2 Å². The van der Waals surface area contributed by atoms with E-state index in [2.05, 4.69) is 20.2 Å². The molecule has 1 N–H and O–H groups in total. The van der Waals surface area contributed by atoms with Gasteiger partial charge in [-0.05, 0) is 6.07 Å². The number of aryl methyl sites for hydroxylation is 1. The van der Waals surface area contributed by atoms with E-state index in [-0.39, 0.29) is 28.0 Å². The minimum Gasteiger partial charge on any atom is -0.333 e. The van der Waals surface area contributed by atoms with Gasteiger partial charge in [-0.3, -0.25) is 9.48 Å². The Balaban J connectivity index is 2.08. The van der Waals surface area contributed by atoms with Crippen molar-refractivity contribution in [2.24, 2.45) is 7.05 Å². The number of nitrogens with zero attached hydrogens (tertiary/aromatic N) is 4. The van der Waals surface area contributed by atoms with E-state index in [1.54, 1.807) is 0 Å². The standard InChI is InChI=1S/C12H7ClF3N5O2/c1-21-4-6(9(19-21)12(14,15)16)11-18-10(20-23-11)5-2-7(13)17-8(22)3-5/h2-4H,1H3,(H,17,22). The van der Waals surface area contributed by atoms with Crippen LogP contribution in [0.2, 0.25) is 5.15 Å². The molecule has 120 valence electrons. The van der Waals surface area contributed by atoms with Gasteiger partial charge in [-0.2, -0.15) is 23.3 Å². The van der Waals surface area contributed by atoms with Gasteiger partial charge in [0.05, 0.1) is 5.56 Å². The Morgan fingerprint density at radius 2 is 2.09 bits per heavy atom. The first kappa shape index (κ1) is 15.3. The lowest BCUT2D eigenvalue weighted by atomic mass is 10.2. The molecule has 3 rings (SSSR count). The maximum absolute atomic E-state index is 13.0. The number of rotatable bonds is 2. The Hall–Kier alpha value is -2.62. The summed E-state index contributed by atoms with van der Waals surface area (Å²) in [4.78, 5) is 17.6. The van der Waals surface area contributed by atoms with Crippen molar-refractivity contribution in [1.82, 2.24) is 24.9 Å². The Bertz CT molecular complexity index is 927. The second-order valence-corrected chi connectivity index (χ2v) is 4.97. The van der Waals surface area contributed by atoms with E-state index in [1.165, 1.54) is 13.1 Å². The first-order valence-electron chi connectivity index (χ1n) is 6.09. The summed E-state index contributed by atoms with van der Waals surface area (Å²) in [6.45, 7) is 0. The highest BCUT2D eigenvalue weighted by atomic mass is 35.5. The summed E-state index contributed by atoms with van der Waals surface area (Å²) in [5, 5.41) is 6.97. The lowest BCUT2D eigenvalue weighted by Gasteiger charge is -2.02. The fourth-order valence-corrected chi connectivity index (χ4v) is 2.15. The molecule has 3 aromatic heterocycles. The van der Waals surface area contributed by atoms with Crippen molar-refractivity contribution in [1.29, 1.82) is 0 Å². The molecule has 7 nitrogen and oxygen atoms in total. The first-order valence-corrected chi connectivity index (χ1v) is 6.47. The number of hydrogen-bond acceptors (Lipinski definition) is 5. The Labute approximate surface area is 130 Å². The van der Waals surface area contributed by atoms with Crippen LogP contribution in [0.3, 0.4) is 0 Å². The van der Waals surface area contributed by atoms with Gasteiger partial charge in [0.2, 0.25) is 11.4 Å². The summed E-state index contributed by atoms with van der Waals surface area (Å²) in [5.74, 6) is -0.429. The zero-order valence-corrected chi connectivity index (χ0v) is 12.1. The van der Waals surface area contributed by atoms with E-state index >= 15 is 0 Å². The van der Waals surface area contributed by atoms with Gasteiger partial charge in [0, 0.05) is 24.9 Å². The SMILES string of the molecule is Cn1cc(-c2nc(-c3cc(Cl)[nH]c(=O)c3)no2)c(C(F)(F)F)n1. The predicted octanol–water partition coefficient (Wildman–Crippen LogP) is 2.50. The first-order chi connectivity index (χ1) is 10.7. The monoisotopic (exact) mass is 345 g/mol. The van der Waals surface area contributed by atoms with Gasteiger partial charge in [-0.25, -0.2) is 0 Å². The van der Waals surface area contributed by atoms with Crippen LogP contribution in [0.5, 0.6) is 0 Å². The minimum atomic E-state index is -4.67. The molecular weight excluding hydrogens is 339 g/mol. The molecule has 23 heavy (non-hydrogen) atoms. The molecule has 3 aromatic rings. The van der Waals surface area contributed by atoms with Crippen LogP contribution in [0.15, 0.2) is 27.6 Å². The third-order valence-electron chi connectivity index (χ3n) is 2.82. The van der Waals surface area contributed by atoms with Gasteiger partial charge in [0.1, 0.15) is 5.15 Å². The number of alkyl halides is 3. The molecule has 0 spiro atoms. The molecule has 0 atom stereocenters. The van der Waals surface area contributed by atoms with Crippen LogP contribution >= 0.6 is 11.6 Å². The van der Waals surface area contributed by atoms with E-state index in [9.17, 15) is 18.0 Å². The van der Waals surface area contributed by atoms with Crippen LogP contribution in [0.25, 0.3) is 22.8 Å². The van der Waals surface area contributed by atoms with Gasteiger partial charge in [0.15, 0.2) is 5.69 Å². The molecule has 0 bridgehead atoms. The molecule has 0 unspecified atom stereocenters. The van der Waals surface area contributed by atoms with Gasteiger partial charge in [-0.15, -0.1) is 0 Å². The zero-order chi connectivity index (χ0) is 16.8. The van der Waals surface area contributed by atoms with Crippen molar-refractivity contribution >= 4 is 11.6 Å². The van der Waals surface area contributed by atoms with Crippen molar-refractivity contribution in [2.75, 3.05) is 0 Å². The summed E-state index contributed by atoms with van der Waals surface area (Å²) >= 11 is 5.71. The van der Waals surface area contributed by atoms with Gasteiger partial charge < -0.3 is 9.51 Å². The molecule has 0 saturated carbocycles. The predicted molar refractivity (Wildman–Crippen MR) is 72.6 cm³/mol. The second kappa shape index (κ2) is 5.23. The second-order valence-electron chi connectivity index (χ2n) is 4.57. The quantitative estimate of drug-likeness (QED) is 0.721. The maximum Gasteiger partial charge on any atom is 0.435 e. The summed E-state index contributed by atoms with van der Waals surface area (Å²) in [6.07, 6.45) is -3.55. The maximum atomic E-state index is 13.0. The van der Waals surface area contributed by atoms with Crippen molar-refractivity contribution in [3.63, 3.8) is 0 Å². The molecule has 3 heterocycles. The lowest BCUT2D eigenvalue weighted by molar-refractivity contribution is -0.141. The number of halogens is 4. The van der Waals surface area contributed by atoms with Gasteiger partial charge in [-0.1, -0.05) is 16.8 Å². The molecule has 0 aliphatic carbocycles. The van der Waals surface area contributed by atoms with E-state index < -0.39 is 17.4 Å². The minimum absolute atomic E-state index is 0.0382. The van der Waals surface area contributed by atoms with E-state index in [0.717, 1.165) is 16.9 Å². The fourth-order valence-electron chi connectivity index (χ4n) is 1.94. The Morgan fingerprint density at radius 1 is 1.35 bits per heavy atom. The van der Waals surface area contributed by atoms with Crippen LogP contribution < -0.4 is 5.56 Å². The Morgan fingerprint density at radius 3 is 2.74 bits per heavy atom. The van der Waals surface area contributed by atoms with Crippen LogP contribution in [0.4, 0.5) is 13.2 Å². The summed E-state index contributed by atoms with van der Waals surface area (Å²) in [7, 11) is 1.34. The molecule has 0 fully saturated rings. The largest absolute Gasteiger partial charge is 0.435 e. The highest BCUT2D eigenvalue weighted by Gasteiger charge is 2.39. The van der Waals surface area contributed by atoms with Crippen molar-refractivity contribution < 1.29 is 17.7 Å². The number of aromatic nitrogens is 5. The molecular formula is C12H7ClF3N5O2. The molecule has 0 radical (unpaired) electrons. The summed E-state index contributed by atoms with van der Waals surface area (Å²) < 4.78 is 44.7. The molecule has 0 aromatic carbocycles. The summed E-state index contributed by atoms with van der Waals surface area (Å²) in [5.41, 5.74) is -1.78. The number of hydrogen-bond donors (Lipinski definition) is 1. The highest BCUT2D eigenvalue weighted by molar-refractivity contribution is 6.29. The van der Waals surface area contributed by atoms with E-state index in [1.807, 2.05) is 0 Å². The molecule has 0 aliphatic heterocycles. The zero-order valence-electron chi connectivity index (χ0n) is 11.3. The fraction of sp³-hybridized carbons (Fsp3) is 0.167. The van der Waals surface area contributed by atoms with Crippen LogP contribution in [0.1, 0.15) is 5.69 Å². The van der Waals surface area contributed by atoms with Crippen LogP contribution in [0, 0.1) is 0 Å². The number of aromatic amines is 1. The van der Waals surface area contributed by atoms with Gasteiger partial charge >= 0.3 is 6.18 Å².